The van der Waals surface area contributed by atoms with Crippen LogP contribution in [0.2, 0.25) is 0 Å². The second kappa shape index (κ2) is 5.32. The predicted octanol–water partition coefficient (Wildman–Crippen LogP) is 3.06. The molecule has 0 aliphatic heterocycles. The van der Waals surface area contributed by atoms with Crippen molar-refractivity contribution in [3.05, 3.63) is 23.8 Å². The maximum absolute atomic E-state index is 12.0. The monoisotopic (exact) mass is 262 g/mol. The number of hydrogen-bond acceptors (Lipinski definition) is 3. The zero-order chi connectivity index (χ0) is 14.2. The lowest BCUT2D eigenvalue weighted by molar-refractivity contribution is -0.156. The Morgan fingerprint density at radius 3 is 2.68 bits per heavy atom. The highest BCUT2D eigenvalue weighted by atomic mass is 16.5. The minimum absolute atomic E-state index is 0.0530. The van der Waals surface area contributed by atoms with Crippen molar-refractivity contribution in [1.29, 1.82) is 0 Å². The van der Waals surface area contributed by atoms with Crippen molar-refractivity contribution in [2.75, 3.05) is 0 Å². The van der Waals surface area contributed by atoms with Gasteiger partial charge in [-0.3, -0.25) is 9.59 Å². The molecule has 0 heterocycles. The number of carbonyl (C=O) groups excluding carboxylic acids is 2. The molecule has 0 unspecified atom stereocenters. The summed E-state index contributed by atoms with van der Waals surface area (Å²) in [5.41, 5.74) is 2.45. The van der Waals surface area contributed by atoms with E-state index < -0.39 is 6.10 Å². The Morgan fingerprint density at radius 2 is 2.11 bits per heavy atom. The van der Waals surface area contributed by atoms with Crippen molar-refractivity contribution in [1.82, 2.24) is 0 Å². The van der Waals surface area contributed by atoms with Crippen molar-refractivity contribution < 1.29 is 14.3 Å². The Morgan fingerprint density at radius 1 is 1.42 bits per heavy atom. The van der Waals surface area contributed by atoms with Crippen LogP contribution in [-0.4, -0.2) is 17.9 Å². The van der Waals surface area contributed by atoms with Gasteiger partial charge < -0.3 is 4.74 Å². The van der Waals surface area contributed by atoms with E-state index in [9.17, 15) is 9.59 Å². The van der Waals surface area contributed by atoms with Crippen LogP contribution in [0.4, 0.5) is 0 Å². The van der Waals surface area contributed by atoms with Crippen LogP contribution in [0.25, 0.3) is 0 Å². The van der Waals surface area contributed by atoms with E-state index in [1.165, 1.54) is 18.1 Å². The molecule has 1 fully saturated rings. The van der Waals surface area contributed by atoms with Gasteiger partial charge in [0.1, 0.15) is 0 Å². The summed E-state index contributed by atoms with van der Waals surface area (Å²) in [4.78, 5) is 23.2. The lowest BCUT2D eigenvalue weighted by Crippen LogP contribution is -2.42. The molecule has 0 aromatic carbocycles. The molecule has 2 aliphatic carbocycles. The fourth-order valence-corrected chi connectivity index (χ4v) is 3.36. The highest BCUT2D eigenvalue weighted by molar-refractivity contribution is 5.96. The van der Waals surface area contributed by atoms with Gasteiger partial charge in [-0.15, -0.1) is 0 Å². The lowest BCUT2D eigenvalue weighted by Gasteiger charge is -2.40. The standard InChI is InChI=1S/C16H22O3/c1-9(2)12-5-6-13-8-15(18)16(19-11(4)17)10(3)14(13)7-12/h8,10,12,14,16H,1,5-7H2,2-4H3/t10-,12+,14-,16+/m1/s1. The highest BCUT2D eigenvalue weighted by Gasteiger charge is 2.41. The Kier molecular flexibility index (Phi) is 3.93. The first kappa shape index (κ1) is 14.0. The Bertz CT molecular complexity index is 447. The molecule has 1 saturated carbocycles. The predicted molar refractivity (Wildman–Crippen MR) is 73.5 cm³/mol. The Balaban J connectivity index is 2.21. The topological polar surface area (TPSA) is 43.4 Å². The van der Waals surface area contributed by atoms with Crippen LogP contribution < -0.4 is 0 Å². The van der Waals surface area contributed by atoms with Crippen molar-refractivity contribution in [2.45, 2.75) is 46.1 Å². The molecule has 0 amide bonds. The Hall–Kier alpha value is -1.38. The van der Waals surface area contributed by atoms with E-state index in [4.69, 9.17) is 4.74 Å². The Labute approximate surface area is 114 Å². The largest absolute Gasteiger partial charge is 0.454 e. The van der Waals surface area contributed by atoms with E-state index in [1.54, 1.807) is 6.08 Å². The number of allylic oxidation sites excluding steroid dienone is 2. The van der Waals surface area contributed by atoms with E-state index in [-0.39, 0.29) is 17.7 Å². The van der Waals surface area contributed by atoms with Crippen molar-refractivity contribution in [3.8, 4) is 0 Å². The van der Waals surface area contributed by atoms with Gasteiger partial charge >= 0.3 is 5.97 Å². The first-order chi connectivity index (χ1) is 8.90. The molecule has 0 aromatic heterocycles. The van der Waals surface area contributed by atoms with Gasteiger partial charge in [-0.1, -0.05) is 24.6 Å². The number of rotatable bonds is 2. The molecule has 0 saturated heterocycles. The third kappa shape index (κ3) is 2.80. The first-order valence-corrected chi connectivity index (χ1v) is 6.97. The van der Waals surface area contributed by atoms with E-state index in [1.807, 2.05) is 6.92 Å². The average molecular weight is 262 g/mol. The molecule has 3 nitrogen and oxygen atoms in total. The average Bonchev–Trinajstić information content (AvgIpc) is 2.33. The van der Waals surface area contributed by atoms with Crippen molar-refractivity contribution >= 4 is 11.8 Å². The molecule has 19 heavy (non-hydrogen) atoms. The van der Waals surface area contributed by atoms with Crippen LogP contribution in [0, 0.1) is 17.8 Å². The molecule has 2 aliphatic rings. The molecule has 0 radical (unpaired) electrons. The summed E-state index contributed by atoms with van der Waals surface area (Å²) in [5.74, 6) is 0.504. The second-order valence-corrected chi connectivity index (χ2v) is 5.93. The van der Waals surface area contributed by atoms with Crippen LogP contribution in [0.1, 0.15) is 40.0 Å². The van der Waals surface area contributed by atoms with Crippen LogP contribution in [0.5, 0.6) is 0 Å². The maximum atomic E-state index is 12.0. The van der Waals surface area contributed by atoms with E-state index in [0.29, 0.717) is 11.8 Å². The molecular weight excluding hydrogens is 240 g/mol. The summed E-state index contributed by atoms with van der Waals surface area (Å²) >= 11 is 0. The summed E-state index contributed by atoms with van der Waals surface area (Å²) < 4.78 is 5.20. The third-order valence-electron chi connectivity index (χ3n) is 4.51. The fourth-order valence-electron chi connectivity index (χ4n) is 3.36. The number of hydrogen-bond donors (Lipinski definition) is 0. The number of esters is 1. The van der Waals surface area contributed by atoms with Crippen LogP contribution >= 0.6 is 0 Å². The normalized spacial score (nSPS) is 34.3. The van der Waals surface area contributed by atoms with Gasteiger partial charge in [-0.2, -0.15) is 0 Å². The summed E-state index contributed by atoms with van der Waals surface area (Å²) in [7, 11) is 0. The SMILES string of the molecule is C=C(C)[C@H]1CCC2=CC(=O)[C@@H](OC(C)=O)[C@H](C)[C@H]2C1. The molecule has 0 N–H and O–H groups in total. The zero-order valence-corrected chi connectivity index (χ0v) is 11.9. The lowest BCUT2D eigenvalue weighted by atomic mass is 9.66. The molecule has 0 aromatic rings. The minimum atomic E-state index is -0.602. The van der Waals surface area contributed by atoms with Gasteiger partial charge in [0.25, 0.3) is 0 Å². The van der Waals surface area contributed by atoms with Gasteiger partial charge in [0.2, 0.25) is 0 Å². The van der Waals surface area contributed by atoms with E-state index in [2.05, 4.69) is 13.5 Å². The summed E-state index contributed by atoms with van der Waals surface area (Å²) in [6, 6.07) is 0. The molecule has 3 heteroatoms. The zero-order valence-electron chi connectivity index (χ0n) is 11.9. The van der Waals surface area contributed by atoms with Crippen LogP contribution in [0.3, 0.4) is 0 Å². The molecule has 0 bridgehead atoms. The highest BCUT2D eigenvalue weighted by Crippen LogP contribution is 2.44. The summed E-state index contributed by atoms with van der Waals surface area (Å²) in [5, 5.41) is 0. The van der Waals surface area contributed by atoms with Gasteiger partial charge in [0.05, 0.1) is 0 Å². The van der Waals surface area contributed by atoms with Crippen molar-refractivity contribution in [2.24, 2.45) is 17.8 Å². The third-order valence-corrected chi connectivity index (χ3v) is 4.51. The molecule has 4 atom stereocenters. The van der Waals surface area contributed by atoms with Gasteiger partial charge in [-0.05, 0) is 44.1 Å². The van der Waals surface area contributed by atoms with Crippen LogP contribution in [0.15, 0.2) is 23.8 Å². The number of ether oxygens (including phenoxy) is 1. The first-order valence-electron chi connectivity index (χ1n) is 6.97. The summed E-state index contributed by atoms with van der Waals surface area (Å²) in [6.07, 6.45) is 4.18. The van der Waals surface area contributed by atoms with Crippen LogP contribution in [-0.2, 0) is 14.3 Å². The fraction of sp³-hybridized carbons (Fsp3) is 0.625. The molecular formula is C16H22O3. The van der Waals surface area contributed by atoms with Gasteiger partial charge in [0.15, 0.2) is 11.9 Å². The maximum Gasteiger partial charge on any atom is 0.303 e. The minimum Gasteiger partial charge on any atom is -0.454 e. The summed E-state index contributed by atoms with van der Waals surface area (Å²) in [6.45, 7) is 9.50. The van der Waals surface area contributed by atoms with Gasteiger partial charge in [-0.25, -0.2) is 0 Å². The number of carbonyl (C=O) groups is 2. The molecule has 104 valence electrons. The second-order valence-electron chi connectivity index (χ2n) is 5.93. The smallest absolute Gasteiger partial charge is 0.303 e. The van der Waals surface area contributed by atoms with E-state index in [0.717, 1.165) is 19.3 Å². The number of fused-ring (bicyclic) bond motifs is 1. The van der Waals surface area contributed by atoms with Gasteiger partial charge in [0, 0.05) is 12.8 Å². The van der Waals surface area contributed by atoms with E-state index >= 15 is 0 Å². The van der Waals surface area contributed by atoms with Crippen molar-refractivity contribution in [3.63, 3.8) is 0 Å². The molecule has 2 rings (SSSR count). The molecule has 0 spiro atoms. The number of ketones is 1. The quantitative estimate of drug-likeness (QED) is 0.567.